The van der Waals surface area contributed by atoms with E-state index in [1.165, 1.54) is 6.07 Å². The molecule has 0 atom stereocenters. The van der Waals surface area contributed by atoms with Crippen molar-refractivity contribution in [1.82, 2.24) is 0 Å². The quantitative estimate of drug-likeness (QED) is 0.267. The Kier molecular flexibility index (Phi) is 6.75. The largest absolute Gasteiger partial charge is 0.867 e. The molecule has 0 aliphatic rings. The first kappa shape index (κ1) is 21.1. The first-order valence-corrected chi connectivity index (χ1v) is 9.86. The molecule has 0 bridgehead atoms. The number of thiocarbonyl (C=S) groups is 1. The topological polar surface area (TPSA) is 48.2 Å². The molecule has 0 aliphatic heterocycles. The van der Waals surface area contributed by atoms with Crippen molar-refractivity contribution in [3.05, 3.63) is 88.2 Å². The van der Waals surface area contributed by atoms with E-state index in [4.69, 9.17) is 40.2 Å². The van der Waals surface area contributed by atoms with E-state index in [1.54, 1.807) is 36.1 Å². The number of benzene rings is 2. The second-order valence-electron chi connectivity index (χ2n) is 6.28. The smallest absolute Gasteiger partial charge is 0.238 e. The first-order valence-electron chi connectivity index (χ1n) is 8.69. The predicted octanol–water partition coefficient (Wildman–Crippen LogP) is 4.72. The SMILES string of the molecule is COc1cccc(NC(=S)/C(=C(/[O-])c2cc(Cl)ccc2Cl)[n+]2cccc(C)c2)c1. The summed E-state index contributed by atoms with van der Waals surface area (Å²) in [5, 5.41) is 17.3. The molecule has 0 radical (unpaired) electrons. The number of aryl methyl sites for hydroxylation is 1. The maximum Gasteiger partial charge on any atom is 0.238 e. The lowest BCUT2D eigenvalue weighted by molar-refractivity contribution is -0.578. The molecule has 2 aromatic carbocycles. The van der Waals surface area contributed by atoms with Crippen molar-refractivity contribution in [2.45, 2.75) is 6.92 Å². The van der Waals surface area contributed by atoms with Gasteiger partial charge in [-0.25, -0.2) is 0 Å². The van der Waals surface area contributed by atoms with Gasteiger partial charge in [0.1, 0.15) is 5.75 Å². The van der Waals surface area contributed by atoms with Crippen LogP contribution in [0.1, 0.15) is 11.1 Å². The van der Waals surface area contributed by atoms with E-state index in [0.29, 0.717) is 21.5 Å². The van der Waals surface area contributed by atoms with Gasteiger partial charge in [-0.1, -0.05) is 41.5 Å². The zero-order valence-electron chi connectivity index (χ0n) is 15.8. The lowest BCUT2D eigenvalue weighted by atomic mass is 10.1. The highest BCUT2D eigenvalue weighted by molar-refractivity contribution is 7.81. The van der Waals surface area contributed by atoms with E-state index in [0.717, 1.165) is 5.56 Å². The van der Waals surface area contributed by atoms with Crippen molar-refractivity contribution in [2.75, 3.05) is 12.4 Å². The fourth-order valence-corrected chi connectivity index (χ4v) is 3.45. The summed E-state index contributed by atoms with van der Waals surface area (Å²) in [6.45, 7) is 1.93. The van der Waals surface area contributed by atoms with Gasteiger partial charge in [0.15, 0.2) is 17.4 Å². The van der Waals surface area contributed by atoms with Crippen LogP contribution in [0.25, 0.3) is 11.5 Å². The highest BCUT2D eigenvalue weighted by Crippen LogP contribution is 2.27. The van der Waals surface area contributed by atoms with Gasteiger partial charge >= 0.3 is 0 Å². The molecule has 7 heteroatoms. The number of hydrogen-bond acceptors (Lipinski definition) is 3. The third-order valence-corrected chi connectivity index (χ3v) is 5.00. The lowest BCUT2D eigenvalue weighted by Gasteiger charge is -2.18. The number of ether oxygens (including phenoxy) is 1. The molecule has 3 rings (SSSR count). The molecule has 0 saturated carbocycles. The van der Waals surface area contributed by atoms with E-state index in [1.807, 2.05) is 43.5 Å². The van der Waals surface area contributed by atoms with Crippen molar-refractivity contribution < 1.29 is 14.4 Å². The molecular weight excluding hydrogens is 427 g/mol. The Hall–Kier alpha value is -2.60. The van der Waals surface area contributed by atoms with Gasteiger partial charge < -0.3 is 15.2 Å². The third-order valence-electron chi connectivity index (χ3n) is 4.14. The Morgan fingerprint density at radius 1 is 1.10 bits per heavy atom. The van der Waals surface area contributed by atoms with E-state index >= 15 is 0 Å². The second-order valence-corrected chi connectivity index (χ2v) is 7.53. The molecule has 0 fully saturated rings. The molecular formula is C22H18Cl2N2O2S. The Morgan fingerprint density at radius 2 is 1.90 bits per heavy atom. The van der Waals surface area contributed by atoms with Gasteiger partial charge in [0.05, 0.1) is 7.11 Å². The Balaban J connectivity index is 2.12. The van der Waals surface area contributed by atoms with Gasteiger partial charge in [-0.3, -0.25) is 0 Å². The van der Waals surface area contributed by atoms with Crippen LogP contribution in [-0.2, 0) is 0 Å². The van der Waals surface area contributed by atoms with Crippen LogP contribution in [0, 0.1) is 6.92 Å². The Bertz CT molecular complexity index is 1100. The minimum Gasteiger partial charge on any atom is -0.867 e. The molecule has 3 aromatic rings. The summed E-state index contributed by atoms with van der Waals surface area (Å²) in [6, 6.07) is 15.8. The Labute approximate surface area is 185 Å². The van der Waals surface area contributed by atoms with Gasteiger partial charge in [-0.05, 0) is 54.6 Å². The van der Waals surface area contributed by atoms with Crippen LogP contribution in [-0.4, -0.2) is 12.1 Å². The highest BCUT2D eigenvalue weighted by Gasteiger charge is 2.20. The van der Waals surface area contributed by atoms with Crippen LogP contribution in [0.15, 0.2) is 67.0 Å². The summed E-state index contributed by atoms with van der Waals surface area (Å²) >= 11 is 18.0. The van der Waals surface area contributed by atoms with Crippen LogP contribution in [0.5, 0.6) is 5.75 Å². The molecule has 4 nitrogen and oxygen atoms in total. The monoisotopic (exact) mass is 444 g/mol. The number of aromatic nitrogens is 1. The highest BCUT2D eigenvalue weighted by atomic mass is 35.5. The summed E-state index contributed by atoms with van der Waals surface area (Å²) in [5.74, 6) is 0.334. The van der Waals surface area contributed by atoms with E-state index < -0.39 is 0 Å². The molecule has 1 heterocycles. The number of nitrogens with one attached hydrogen (secondary N) is 1. The van der Waals surface area contributed by atoms with Crippen molar-refractivity contribution >= 4 is 57.6 Å². The summed E-state index contributed by atoms with van der Waals surface area (Å²) in [5.41, 5.74) is 2.21. The average molecular weight is 445 g/mol. The Morgan fingerprint density at radius 3 is 2.62 bits per heavy atom. The van der Waals surface area contributed by atoms with Gasteiger partial charge in [-0.15, -0.1) is 0 Å². The number of nitrogens with zero attached hydrogens (tertiary/aromatic N) is 1. The number of anilines is 1. The van der Waals surface area contributed by atoms with Crippen molar-refractivity contribution in [3.8, 4) is 5.75 Å². The minimum absolute atomic E-state index is 0.245. The molecule has 29 heavy (non-hydrogen) atoms. The van der Waals surface area contributed by atoms with Crippen molar-refractivity contribution in [2.24, 2.45) is 0 Å². The standard InChI is InChI=1S/C22H18Cl2N2O2S/c1-14-5-4-10-26(13-14)20(21(27)18-11-15(23)8-9-19(18)24)22(29)25-16-6-3-7-17(12-16)28-2/h3-13H,1-2H3,(H-,25,27,29). The molecule has 0 saturated heterocycles. The molecule has 1 N–H and O–H groups in total. The van der Waals surface area contributed by atoms with Crippen LogP contribution >= 0.6 is 35.4 Å². The molecule has 1 aromatic heterocycles. The maximum atomic E-state index is 13.4. The molecule has 0 spiro atoms. The number of halogens is 2. The van der Waals surface area contributed by atoms with Crippen molar-refractivity contribution in [3.63, 3.8) is 0 Å². The molecule has 0 unspecified atom stereocenters. The summed E-state index contributed by atoms with van der Waals surface area (Å²) in [4.78, 5) is 0.245. The van der Waals surface area contributed by atoms with Crippen LogP contribution in [0.2, 0.25) is 10.0 Å². The van der Waals surface area contributed by atoms with Crippen LogP contribution < -0.4 is 19.7 Å². The maximum absolute atomic E-state index is 13.4. The first-order chi connectivity index (χ1) is 13.9. The van der Waals surface area contributed by atoms with Gasteiger partial charge in [0.25, 0.3) is 0 Å². The normalized spacial score (nSPS) is 11.6. The second kappa shape index (κ2) is 9.27. The number of hydrogen-bond donors (Lipinski definition) is 1. The van der Waals surface area contributed by atoms with Gasteiger partial charge in [-0.2, -0.15) is 4.57 Å². The molecule has 0 aliphatic carbocycles. The van der Waals surface area contributed by atoms with E-state index in [-0.39, 0.29) is 22.0 Å². The van der Waals surface area contributed by atoms with E-state index in [9.17, 15) is 5.11 Å². The zero-order chi connectivity index (χ0) is 21.0. The van der Waals surface area contributed by atoms with E-state index in [2.05, 4.69) is 5.32 Å². The summed E-state index contributed by atoms with van der Waals surface area (Å²) in [7, 11) is 1.59. The third kappa shape index (κ3) is 5.07. The van der Waals surface area contributed by atoms with Gasteiger partial charge in [0, 0.05) is 33.4 Å². The molecule has 148 valence electrons. The zero-order valence-corrected chi connectivity index (χ0v) is 18.1. The van der Waals surface area contributed by atoms with Crippen LogP contribution in [0.4, 0.5) is 5.69 Å². The molecule has 0 amide bonds. The van der Waals surface area contributed by atoms with Crippen molar-refractivity contribution in [1.29, 1.82) is 0 Å². The predicted molar refractivity (Wildman–Crippen MR) is 120 cm³/mol. The number of pyridine rings is 1. The lowest BCUT2D eigenvalue weighted by Crippen LogP contribution is -2.40. The fourth-order valence-electron chi connectivity index (χ4n) is 2.76. The average Bonchev–Trinajstić information content (AvgIpc) is 2.70. The summed E-state index contributed by atoms with van der Waals surface area (Å²) < 4.78 is 6.93. The fraction of sp³-hybridized carbons (Fsp3) is 0.0909. The number of methoxy groups -OCH3 is 1. The minimum atomic E-state index is -0.339. The summed E-state index contributed by atoms with van der Waals surface area (Å²) in [6.07, 6.45) is 3.59. The van der Waals surface area contributed by atoms with Gasteiger partial charge in [0.2, 0.25) is 5.70 Å². The number of rotatable bonds is 5. The van der Waals surface area contributed by atoms with Crippen LogP contribution in [0.3, 0.4) is 0 Å².